The number of ether oxygens (including phenoxy) is 1. The second kappa shape index (κ2) is 10.3. The summed E-state index contributed by atoms with van der Waals surface area (Å²) in [4.78, 5) is 22.9. The molecular weight excluding hydrogens is 464 g/mol. The third-order valence-corrected chi connectivity index (χ3v) is 7.54. The molecule has 0 radical (unpaired) electrons. The van der Waals surface area contributed by atoms with E-state index in [2.05, 4.69) is 36.1 Å². The summed E-state index contributed by atoms with van der Waals surface area (Å²) in [5, 5.41) is 3.98. The number of nitrogens with one attached hydrogen (secondary N) is 2. The lowest BCUT2D eigenvalue weighted by Crippen LogP contribution is -2.59. The number of aromatic nitrogens is 2. The molecule has 1 aliphatic carbocycles. The minimum atomic E-state index is 0.0693. The van der Waals surface area contributed by atoms with E-state index < -0.39 is 0 Å². The number of carbonyl (C=O) groups is 1. The summed E-state index contributed by atoms with van der Waals surface area (Å²) >= 11 is 4.90. The highest BCUT2D eigenvalue weighted by molar-refractivity contribution is 9.10. The Bertz CT molecular complexity index is 830. The summed E-state index contributed by atoms with van der Waals surface area (Å²) < 4.78 is 6.59. The zero-order valence-electron chi connectivity index (χ0n) is 17.2. The molecule has 1 aromatic heterocycles. The van der Waals surface area contributed by atoms with Gasteiger partial charge in [0.15, 0.2) is 5.16 Å². The van der Waals surface area contributed by atoms with Crippen molar-refractivity contribution in [3.05, 3.63) is 34.9 Å². The SMILES string of the molecule is O=C(CSc1ncc(-c2ccc(Br)cc2)[nH]1)NCC1(N2CCOCC2)CCCCC1. The molecule has 2 aromatic rings. The van der Waals surface area contributed by atoms with Crippen molar-refractivity contribution in [2.45, 2.75) is 42.8 Å². The van der Waals surface area contributed by atoms with Gasteiger partial charge in [-0.15, -0.1) is 0 Å². The van der Waals surface area contributed by atoms with Crippen molar-refractivity contribution in [3.63, 3.8) is 0 Å². The zero-order valence-corrected chi connectivity index (χ0v) is 19.6. The summed E-state index contributed by atoms with van der Waals surface area (Å²) in [6.45, 7) is 4.26. The molecule has 4 rings (SSSR count). The average molecular weight is 493 g/mol. The molecule has 0 spiro atoms. The third kappa shape index (κ3) is 5.46. The summed E-state index contributed by atoms with van der Waals surface area (Å²) in [7, 11) is 0. The van der Waals surface area contributed by atoms with E-state index in [1.807, 2.05) is 30.5 Å². The Hall–Kier alpha value is -1.35. The lowest BCUT2D eigenvalue weighted by atomic mass is 9.79. The monoisotopic (exact) mass is 492 g/mol. The lowest BCUT2D eigenvalue weighted by Gasteiger charge is -2.48. The number of carbonyl (C=O) groups excluding carboxylic acids is 1. The molecule has 8 heteroatoms. The Morgan fingerprint density at radius 2 is 1.93 bits per heavy atom. The summed E-state index contributed by atoms with van der Waals surface area (Å²) in [5.74, 6) is 0.437. The van der Waals surface area contributed by atoms with Crippen molar-refractivity contribution in [1.29, 1.82) is 0 Å². The van der Waals surface area contributed by atoms with E-state index in [1.54, 1.807) is 0 Å². The van der Waals surface area contributed by atoms with Crippen LogP contribution in [-0.4, -0.2) is 64.9 Å². The average Bonchev–Trinajstić information content (AvgIpc) is 3.27. The van der Waals surface area contributed by atoms with E-state index in [0.717, 1.165) is 66.6 Å². The van der Waals surface area contributed by atoms with Crippen molar-refractivity contribution in [1.82, 2.24) is 20.2 Å². The molecule has 1 aliphatic heterocycles. The first-order chi connectivity index (χ1) is 14.6. The lowest BCUT2D eigenvalue weighted by molar-refractivity contribution is -0.119. The number of nitrogens with zero attached hydrogens (tertiary/aromatic N) is 2. The number of hydrogen-bond donors (Lipinski definition) is 2. The normalized spacial score (nSPS) is 19.5. The number of thioether (sulfide) groups is 1. The van der Waals surface area contributed by atoms with Gasteiger partial charge in [0.1, 0.15) is 0 Å². The number of benzene rings is 1. The van der Waals surface area contributed by atoms with E-state index in [4.69, 9.17) is 4.74 Å². The van der Waals surface area contributed by atoms with Gasteiger partial charge in [-0.1, -0.05) is 59.1 Å². The first-order valence-electron chi connectivity index (χ1n) is 10.7. The van der Waals surface area contributed by atoms with Crippen LogP contribution in [0.15, 0.2) is 40.1 Å². The predicted molar refractivity (Wildman–Crippen MR) is 124 cm³/mol. The van der Waals surface area contributed by atoms with Gasteiger partial charge < -0.3 is 15.0 Å². The van der Waals surface area contributed by atoms with Gasteiger partial charge in [0, 0.05) is 29.6 Å². The van der Waals surface area contributed by atoms with E-state index in [-0.39, 0.29) is 11.4 Å². The van der Waals surface area contributed by atoms with Gasteiger partial charge in [0.25, 0.3) is 0 Å². The van der Waals surface area contributed by atoms with Gasteiger partial charge in [-0.05, 0) is 30.5 Å². The molecule has 2 aliphatic rings. The maximum Gasteiger partial charge on any atom is 0.230 e. The molecule has 2 fully saturated rings. The third-order valence-electron chi connectivity index (χ3n) is 6.13. The van der Waals surface area contributed by atoms with Crippen LogP contribution in [-0.2, 0) is 9.53 Å². The maximum atomic E-state index is 12.6. The molecule has 30 heavy (non-hydrogen) atoms. The minimum absolute atomic E-state index is 0.0693. The van der Waals surface area contributed by atoms with Crippen molar-refractivity contribution in [2.24, 2.45) is 0 Å². The smallest absolute Gasteiger partial charge is 0.230 e. The van der Waals surface area contributed by atoms with Crippen LogP contribution in [0, 0.1) is 0 Å². The highest BCUT2D eigenvalue weighted by Crippen LogP contribution is 2.34. The van der Waals surface area contributed by atoms with Gasteiger partial charge in [0.2, 0.25) is 5.91 Å². The quantitative estimate of drug-likeness (QED) is 0.569. The number of rotatable bonds is 7. The van der Waals surface area contributed by atoms with Gasteiger partial charge in [-0.2, -0.15) is 0 Å². The summed E-state index contributed by atoms with van der Waals surface area (Å²) in [5.41, 5.74) is 2.13. The highest BCUT2D eigenvalue weighted by Gasteiger charge is 2.38. The fourth-order valence-electron chi connectivity index (χ4n) is 4.45. The molecule has 1 saturated carbocycles. The van der Waals surface area contributed by atoms with Crippen LogP contribution in [0.1, 0.15) is 32.1 Å². The topological polar surface area (TPSA) is 70.2 Å². The minimum Gasteiger partial charge on any atom is -0.379 e. The van der Waals surface area contributed by atoms with Gasteiger partial charge in [-0.3, -0.25) is 9.69 Å². The number of H-pyrrole nitrogens is 1. The number of aromatic amines is 1. The molecule has 2 heterocycles. The summed E-state index contributed by atoms with van der Waals surface area (Å²) in [6, 6.07) is 8.08. The molecule has 0 unspecified atom stereocenters. The van der Waals surface area contributed by atoms with Crippen molar-refractivity contribution >= 4 is 33.6 Å². The molecule has 0 atom stereocenters. The maximum absolute atomic E-state index is 12.6. The number of amides is 1. The van der Waals surface area contributed by atoms with E-state index in [1.165, 1.54) is 31.0 Å². The Morgan fingerprint density at radius 1 is 1.20 bits per heavy atom. The van der Waals surface area contributed by atoms with Crippen molar-refractivity contribution < 1.29 is 9.53 Å². The number of hydrogen-bond acceptors (Lipinski definition) is 5. The second-order valence-electron chi connectivity index (χ2n) is 8.06. The molecule has 6 nitrogen and oxygen atoms in total. The molecule has 1 saturated heterocycles. The first-order valence-corrected chi connectivity index (χ1v) is 12.5. The fourth-order valence-corrected chi connectivity index (χ4v) is 5.40. The molecule has 1 amide bonds. The van der Waals surface area contributed by atoms with Crippen LogP contribution < -0.4 is 5.32 Å². The molecule has 0 bridgehead atoms. The van der Waals surface area contributed by atoms with Crippen molar-refractivity contribution in [3.8, 4) is 11.3 Å². The van der Waals surface area contributed by atoms with Crippen molar-refractivity contribution in [2.75, 3.05) is 38.6 Å². The molecule has 162 valence electrons. The summed E-state index contributed by atoms with van der Waals surface area (Å²) in [6.07, 6.45) is 7.93. The molecule has 2 N–H and O–H groups in total. The van der Waals surface area contributed by atoms with Crippen LogP contribution in [0.2, 0.25) is 0 Å². The Balaban J connectivity index is 1.29. The van der Waals surface area contributed by atoms with Crippen LogP contribution in [0.4, 0.5) is 0 Å². The van der Waals surface area contributed by atoms with E-state index in [9.17, 15) is 4.79 Å². The van der Waals surface area contributed by atoms with Crippen LogP contribution in [0.25, 0.3) is 11.3 Å². The zero-order chi connectivity index (χ0) is 20.8. The largest absolute Gasteiger partial charge is 0.379 e. The Morgan fingerprint density at radius 3 is 2.67 bits per heavy atom. The van der Waals surface area contributed by atoms with E-state index in [0.29, 0.717) is 5.75 Å². The van der Waals surface area contributed by atoms with Gasteiger partial charge in [-0.25, -0.2) is 4.98 Å². The highest BCUT2D eigenvalue weighted by atomic mass is 79.9. The molecule has 1 aromatic carbocycles. The number of morpholine rings is 1. The molecular formula is C22H29BrN4O2S. The Kier molecular flexibility index (Phi) is 7.51. The van der Waals surface area contributed by atoms with Gasteiger partial charge in [0.05, 0.1) is 30.9 Å². The number of imidazole rings is 1. The number of halogens is 1. The van der Waals surface area contributed by atoms with Crippen LogP contribution in [0.5, 0.6) is 0 Å². The van der Waals surface area contributed by atoms with E-state index >= 15 is 0 Å². The Labute approximate surface area is 190 Å². The standard InChI is InChI=1S/C22H29BrN4O2S/c23-18-6-4-17(5-7-18)19-14-24-21(26-19)30-15-20(28)25-16-22(8-2-1-3-9-22)27-10-12-29-13-11-27/h4-7,14H,1-3,8-13,15-16H2,(H,24,26)(H,25,28). The van der Waals surface area contributed by atoms with Crippen LogP contribution in [0.3, 0.4) is 0 Å². The van der Waals surface area contributed by atoms with Gasteiger partial charge >= 0.3 is 0 Å². The second-order valence-corrected chi connectivity index (χ2v) is 9.94. The first kappa shape index (κ1) is 21.9. The fraction of sp³-hybridized carbons (Fsp3) is 0.545. The van der Waals surface area contributed by atoms with Crippen LogP contribution >= 0.6 is 27.7 Å². The predicted octanol–water partition coefficient (Wildman–Crippen LogP) is 4.08.